The van der Waals surface area contributed by atoms with Gasteiger partial charge in [-0.1, -0.05) is 0 Å². The minimum atomic E-state index is -4.79. The van der Waals surface area contributed by atoms with E-state index in [-0.39, 0.29) is 23.9 Å². The lowest BCUT2D eigenvalue weighted by Crippen LogP contribution is -2.41. The topological polar surface area (TPSA) is 99.5 Å². The van der Waals surface area contributed by atoms with Gasteiger partial charge in [0, 0.05) is 24.7 Å². The fourth-order valence-electron chi connectivity index (χ4n) is 3.19. The van der Waals surface area contributed by atoms with Crippen LogP contribution in [0, 0.1) is 17.2 Å². The van der Waals surface area contributed by atoms with E-state index in [9.17, 15) is 26.4 Å². The molecule has 0 atom stereocenters. The van der Waals surface area contributed by atoms with Crippen molar-refractivity contribution in [2.75, 3.05) is 18.4 Å². The van der Waals surface area contributed by atoms with E-state index >= 15 is 0 Å². The lowest BCUT2D eigenvalue weighted by atomic mass is 9.97. The van der Waals surface area contributed by atoms with Crippen molar-refractivity contribution in [1.82, 2.24) is 4.31 Å². The van der Waals surface area contributed by atoms with Crippen LogP contribution in [-0.2, 0) is 14.8 Å². The molecule has 0 aliphatic carbocycles. The summed E-state index contributed by atoms with van der Waals surface area (Å²) >= 11 is 0. The van der Waals surface area contributed by atoms with Crippen molar-refractivity contribution < 1.29 is 31.1 Å². The number of benzene rings is 2. The maximum absolute atomic E-state index is 12.7. The zero-order chi connectivity index (χ0) is 22.6. The molecule has 1 heterocycles. The van der Waals surface area contributed by atoms with E-state index in [0.29, 0.717) is 24.1 Å². The average Bonchev–Trinajstić information content (AvgIpc) is 2.74. The maximum Gasteiger partial charge on any atom is 0.573 e. The molecule has 0 bridgehead atoms. The molecule has 164 valence electrons. The predicted molar refractivity (Wildman–Crippen MR) is 104 cm³/mol. The predicted octanol–water partition coefficient (Wildman–Crippen LogP) is 3.50. The van der Waals surface area contributed by atoms with E-state index in [1.165, 1.54) is 40.7 Å². The second kappa shape index (κ2) is 8.95. The second-order valence-corrected chi connectivity index (χ2v) is 8.81. The molecule has 1 N–H and O–H groups in total. The molecule has 1 aliphatic heterocycles. The van der Waals surface area contributed by atoms with Gasteiger partial charge < -0.3 is 10.1 Å². The lowest BCUT2D eigenvalue weighted by Gasteiger charge is -2.30. The number of nitriles is 1. The Hall–Kier alpha value is -3.10. The molecule has 0 unspecified atom stereocenters. The van der Waals surface area contributed by atoms with Crippen LogP contribution in [0.3, 0.4) is 0 Å². The second-order valence-electron chi connectivity index (χ2n) is 6.88. The van der Waals surface area contributed by atoms with Gasteiger partial charge in [-0.15, -0.1) is 13.2 Å². The molecule has 1 aliphatic rings. The number of carbonyl (C=O) groups excluding carboxylic acids is 1. The summed E-state index contributed by atoms with van der Waals surface area (Å²) in [6, 6.07) is 12.3. The summed E-state index contributed by atoms with van der Waals surface area (Å²) in [5, 5.41) is 11.5. The first-order valence-corrected chi connectivity index (χ1v) is 10.7. The fraction of sp³-hybridized carbons (Fsp3) is 0.300. The summed E-state index contributed by atoms with van der Waals surface area (Å²) in [6.45, 7) is 0.303. The quantitative estimate of drug-likeness (QED) is 0.747. The van der Waals surface area contributed by atoms with Gasteiger partial charge in [-0.3, -0.25) is 4.79 Å². The number of halogens is 3. The number of hydrogen-bond acceptors (Lipinski definition) is 5. The first-order chi connectivity index (χ1) is 14.6. The van der Waals surface area contributed by atoms with Gasteiger partial charge in [0.15, 0.2) is 0 Å². The van der Waals surface area contributed by atoms with Gasteiger partial charge in [-0.25, -0.2) is 8.42 Å². The Bertz CT molecular complexity index is 1070. The summed E-state index contributed by atoms with van der Waals surface area (Å²) in [5.41, 5.74) is 0.666. The van der Waals surface area contributed by atoms with Crippen molar-refractivity contribution in [3.8, 4) is 11.8 Å². The van der Waals surface area contributed by atoms with Crippen LogP contribution in [0.2, 0.25) is 0 Å². The SMILES string of the molecule is N#Cc1ccc(S(=O)(=O)N2CCC(C(=O)Nc3ccc(OC(F)(F)F)cc3)CC2)cc1. The minimum absolute atomic E-state index is 0.0792. The summed E-state index contributed by atoms with van der Waals surface area (Å²) in [4.78, 5) is 12.5. The van der Waals surface area contributed by atoms with E-state index in [1.807, 2.05) is 6.07 Å². The first kappa shape index (κ1) is 22.6. The zero-order valence-corrected chi connectivity index (χ0v) is 16.9. The van der Waals surface area contributed by atoms with Gasteiger partial charge in [0.1, 0.15) is 5.75 Å². The first-order valence-electron chi connectivity index (χ1n) is 9.25. The molecule has 1 fully saturated rings. The molecule has 1 saturated heterocycles. The van der Waals surface area contributed by atoms with Crippen LogP contribution >= 0.6 is 0 Å². The van der Waals surface area contributed by atoms with Gasteiger partial charge in [-0.2, -0.15) is 9.57 Å². The van der Waals surface area contributed by atoms with Crippen molar-refractivity contribution in [1.29, 1.82) is 5.26 Å². The third-order valence-electron chi connectivity index (χ3n) is 4.80. The molecule has 0 radical (unpaired) electrons. The molecule has 0 spiro atoms. The number of amides is 1. The fourth-order valence-corrected chi connectivity index (χ4v) is 4.66. The molecular weight excluding hydrogens is 435 g/mol. The van der Waals surface area contributed by atoms with Crippen LogP contribution < -0.4 is 10.1 Å². The summed E-state index contributed by atoms with van der Waals surface area (Å²) < 4.78 is 67.1. The number of carbonyl (C=O) groups is 1. The number of hydrogen-bond donors (Lipinski definition) is 1. The Morgan fingerprint density at radius 3 is 2.16 bits per heavy atom. The maximum atomic E-state index is 12.7. The molecule has 0 aromatic heterocycles. The van der Waals surface area contributed by atoms with Gasteiger partial charge in [0.25, 0.3) is 0 Å². The molecule has 1 amide bonds. The molecule has 31 heavy (non-hydrogen) atoms. The molecule has 3 rings (SSSR count). The average molecular weight is 453 g/mol. The molecule has 2 aromatic carbocycles. The van der Waals surface area contributed by atoms with Crippen molar-refractivity contribution in [3.05, 3.63) is 54.1 Å². The number of nitrogens with zero attached hydrogens (tertiary/aromatic N) is 2. The highest BCUT2D eigenvalue weighted by atomic mass is 32.2. The number of sulfonamides is 1. The van der Waals surface area contributed by atoms with E-state index in [2.05, 4.69) is 10.1 Å². The van der Waals surface area contributed by atoms with Crippen LogP contribution in [0.4, 0.5) is 18.9 Å². The standard InChI is InChI=1S/C20H18F3N3O4S/c21-20(22,23)30-17-5-3-16(4-6-17)25-19(27)15-9-11-26(12-10-15)31(28,29)18-7-1-14(13-24)2-8-18/h1-8,15H,9-12H2,(H,25,27). The van der Waals surface area contributed by atoms with Crippen molar-refractivity contribution in [2.24, 2.45) is 5.92 Å². The molecule has 0 saturated carbocycles. The molecular formula is C20H18F3N3O4S. The van der Waals surface area contributed by atoms with Crippen LogP contribution in [0.5, 0.6) is 5.75 Å². The summed E-state index contributed by atoms with van der Waals surface area (Å²) in [7, 11) is -3.73. The number of ether oxygens (including phenoxy) is 1. The number of alkyl halides is 3. The van der Waals surface area contributed by atoms with Crippen molar-refractivity contribution in [2.45, 2.75) is 24.1 Å². The minimum Gasteiger partial charge on any atom is -0.406 e. The van der Waals surface area contributed by atoms with Gasteiger partial charge >= 0.3 is 6.36 Å². The Kier molecular flexibility index (Phi) is 6.52. The Balaban J connectivity index is 1.56. The highest BCUT2D eigenvalue weighted by molar-refractivity contribution is 7.89. The smallest absolute Gasteiger partial charge is 0.406 e. The third kappa shape index (κ3) is 5.74. The van der Waals surface area contributed by atoms with E-state index in [0.717, 1.165) is 12.1 Å². The number of piperidine rings is 1. The van der Waals surface area contributed by atoms with Crippen LogP contribution in [0.25, 0.3) is 0 Å². The number of rotatable bonds is 5. The molecule has 7 nitrogen and oxygen atoms in total. The largest absolute Gasteiger partial charge is 0.573 e. The van der Waals surface area contributed by atoms with Crippen LogP contribution in [0.15, 0.2) is 53.4 Å². The highest BCUT2D eigenvalue weighted by Crippen LogP contribution is 2.27. The zero-order valence-electron chi connectivity index (χ0n) is 16.1. The van der Waals surface area contributed by atoms with Crippen molar-refractivity contribution >= 4 is 21.6 Å². The van der Waals surface area contributed by atoms with E-state index in [1.54, 1.807) is 0 Å². The molecule has 2 aromatic rings. The Morgan fingerprint density at radius 2 is 1.65 bits per heavy atom. The number of anilines is 1. The van der Waals surface area contributed by atoms with Gasteiger partial charge in [0.2, 0.25) is 15.9 Å². The summed E-state index contributed by atoms with van der Waals surface area (Å²) in [5.74, 6) is -1.16. The van der Waals surface area contributed by atoms with Gasteiger partial charge in [0.05, 0.1) is 16.5 Å². The van der Waals surface area contributed by atoms with Crippen LogP contribution in [0.1, 0.15) is 18.4 Å². The Labute approximate surface area is 177 Å². The van der Waals surface area contributed by atoms with Crippen LogP contribution in [-0.4, -0.2) is 38.1 Å². The lowest BCUT2D eigenvalue weighted by molar-refractivity contribution is -0.274. The van der Waals surface area contributed by atoms with Gasteiger partial charge in [-0.05, 0) is 61.4 Å². The summed E-state index contributed by atoms with van der Waals surface area (Å²) in [6.07, 6.45) is -4.19. The number of nitrogens with one attached hydrogen (secondary N) is 1. The normalized spacial score (nSPS) is 15.8. The third-order valence-corrected chi connectivity index (χ3v) is 6.71. The highest BCUT2D eigenvalue weighted by Gasteiger charge is 2.33. The Morgan fingerprint density at radius 1 is 1.06 bits per heavy atom. The van der Waals surface area contributed by atoms with E-state index < -0.39 is 28.1 Å². The van der Waals surface area contributed by atoms with E-state index in [4.69, 9.17) is 5.26 Å². The monoisotopic (exact) mass is 453 g/mol. The molecule has 11 heteroatoms. The van der Waals surface area contributed by atoms with Crippen molar-refractivity contribution in [3.63, 3.8) is 0 Å².